The van der Waals surface area contributed by atoms with Crippen LogP contribution in [0.2, 0.25) is 5.02 Å². The molecule has 1 atom stereocenters. The van der Waals surface area contributed by atoms with Crippen LogP contribution in [0.25, 0.3) is 22.6 Å². The van der Waals surface area contributed by atoms with Gasteiger partial charge in [-0.1, -0.05) is 48.0 Å². The molecule has 1 N–H and O–H groups in total. The van der Waals surface area contributed by atoms with Crippen LogP contribution in [0.15, 0.2) is 60.9 Å². The molecule has 2 heterocycles. The molecule has 0 amide bonds. The normalized spacial score (nSPS) is 11.7. The Balaban J connectivity index is 1.62. The molecular formula is C22H15ClFN5O. The third kappa shape index (κ3) is 3.86. The molecule has 6 nitrogen and oxygen atoms in total. The molecule has 0 saturated carbocycles. The van der Waals surface area contributed by atoms with Gasteiger partial charge in [0.1, 0.15) is 23.8 Å². The maximum atomic E-state index is 14.2. The summed E-state index contributed by atoms with van der Waals surface area (Å²) in [6, 6.07) is 16.2. The van der Waals surface area contributed by atoms with Crippen molar-refractivity contribution < 1.29 is 9.13 Å². The van der Waals surface area contributed by atoms with E-state index in [0.29, 0.717) is 11.3 Å². The zero-order chi connectivity index (χ0) is 21.1. The van der Waals surface area contributed by atoms with E-state index < -0.39 is 5.82 Å². The van der Waals surface area contributed by atoms with Crippen molar-refractivity contribution in [2.24, 2.45) is 0 Å². The Labute approximate surface area is 177 Å². The molecule has 0 radical (unpaired) electrons. The van der Waals surface area contributed by atoms with Crippen LogP contribution < -0.4 is 4.74 Å². The van der Waals surface area contributed by atoms with Crippen molar-refractivity contribution >= 4 is 11.6 Å². The minimum Gasteiger partial charge on any atom is -0.456 e. The summed E-state index contributed by atoms with van der Waals surface area (Å²) in [4.78, 5) is 15.6. The molecule has 0 spiro atoms. The fraction of sp³-hybridized carbons (Fsp3) is 0.0909. The van der Waals surface area contributed by atoms with E-state index in [0.717, 1.165) is 5.56 Å². The highest BCUT2D eigenvalue weighted by Gasteiger charge is 2.19. The van der Waals surface area contributed by atoms with Crippen LogP contribution in [0.5, 0.6) is 6.01 Å². The first-order valence-corrected chi connectivity index (χ1v) is 9.43. The average Bonchev–Trinajstić information content (AvgIpc) is 3.19. The monoisotopic (exact) mass is 419 g/mol. The quantitative estimate of drug-likeness (QED) is 0.472. The molecule has 0 aliphatic rings. The molecule has 4 aromatic rings. The number of ether oxygens (including phenoxy) is 1. The number of aromatic amines is 1. The number of H-pyrrole nitrogens is 1. The number of hydrogen-bond donors (Lipinski definition) is 1. The number of imidazole rings is 1. The molecule has 1 unspecified atom stereocenters. The lowest BCUT2D eigenvalue weighted by molar-refractivity contribution is 0.207. The summed E-state index contributed by atoms with van der Waals surface area (Å²) in [6.45, 7) is 1.90. The molecule has 30 heavy (non-hydrogen) atoms. The number of nitrogens with zero attached hydrogens (tertiary/aromatic N) is 4. The predicted octanol–water partition coefficient (Wildman–Crippen LogP) is 5.34. The first kappa shape index (κ1) is 19.6. The number of benzene rings is 2. The maximum Gasteiger partial charge on any atom is 0.316 e. The van der Waals surface area contributed by atoms with Crippen molar-refractivity contribution in [1.82, 2.24) is 19.9 Å². The Kier molecular flexibility index (Phi) is 5.42. The average molecular weight is 420 g/mol. The van der Waals surface area contributed by atoms with Crippen LogP contribution in [0, 0.1) is 17.1 Å². The molecule has 0 aliphatic carbocycles. The van der Waals surface area contributed by atoms with Crippen LogP contribution in [0.1, 0.15) is 24.3 Å². The summed E-state index contributed by atoms with van der Waals surface area (Å²) in [5, 5.41) is 9.64. The van der Waals surface area contributed by atoms with Crippen molar-refractivity contribution in [2.75, 3.05) is 0 Å². The third-order valence-corrected chi connectivity index (χ3v) is 4.79. The molecule has 8 heteroatoms. The first-order chi connectivity index (χ1) is 14.6. The van der Waals surface area contributed by atoms with Gasteiger partial charge in [0, 0.05) is 18.0 Å². The zero-order valence-electron chi connectivity index (χ0n) is 15.8. The zero-order valence-corrected chi connectivity index (χ0v) is 16.6. The second-order valence-electron chi connectivity index (χ2n) is 6.44. The van der Waals surface area contributed by atoms with E-state index in [1.807, 2.05) is 43.3 Å². The summed E-state index contributed by atoms with van der Waals surface area (Å²) in [5.41, 5.74) is 2.06. The van der Waals surface area contributed by atoms with Crippen LogP contribution in [0.4, 0.5) is 4.39 Å². The number of nitriles is 1. The Hall–Kier alpha value is -3.76. The molecule has 0 bridgehead atoms. The lowest BCUT2D eigenvalue weighted by atomic mass is 10.1. The molecule has 0 saturated heterocycles. The van der Waals surface area contributed by atoms with E-state index >= 15 is 0 Å². The number of nitrogens with one attached hydrogen (secondary N) is 1. The van der Waals surface area contributed by atoms with Crippen molar-refractivity contribution in [2.45, 2.75) is 13.0 Å². The molecule has 2 aromatic carbocycles. The SMILES string of the molecule is CC(Oc1ncc(-c2[nH]c(-c3c(F)cccc3Cl)nc2C#N)cn1)c1ccccc1. The molecule has 0 aliphatic heterocycles. The van der Waals surface area contributed by atoms with Gasteiger partial charge in [-0.05, 0) is 24.6 Å². The standard InChI is InChI=1S/C22H15ClFN5O/c1-13(14-6-3-2-4-7-14)30-22-26-11-15(12-27-22)20-18(10-25)28-21(29-20)19-16(23)8-5-9-17(19)24/h2-9,11-13H,1H3,(H,28,29). The molecule has 2 aromatic heterocycles. The fourth-order valence-corrected chi connectivity index (χ4v) is 3.21. The van der Waals surface area contributed by atoms with Gasteiger partial charge in [0.15, 0.2) is 5.69 Å². The lowest BCUT2D eigenvalue weighted by Crippen LogP contribution is -2.05. The number of hydrogen-bond acceptors (Lipinski definition) is 5. The molecular weight excluding hydrogens is 405 g/mol. The van der Waals surface area contributed by atoms with Gasteiger partial charge in [-0.15, -0.1) is 0 Å². The number of aromatic nitrogens is 4. The Bertz CT molecular complexity index is 1200. The largest absolute Gasteiger partial charge is 0.456 e. The van der Waals surface area contributed by atoms with E-state index in [9.17, 15) is 9.65 Å². The van der Waals surface area contributed by atoms with Gasteiger partial charge in [0.25, 0.3) is 0 Å². The van der Waals surface area contributed by atoms with Crippen LogP contribution in [-0.2, 0) is 0 Å². The van der Waals surface area contributed by atoms with Crippen molar-refractivity contribution in [1.29, 1.82) is 5.26 Å². The highest BCUT2D eigenvalue weighted by atomic mass is 35.5. The van der Waals surface area contributed by atoms with Gasteiger partial charge >= 0.3 is 6.01 Å². The molecule has 148 valence electrons. The highest BCUT2D eigenvalue weighted by molar-refractivity contribution is 6.33. The third-order valence-electron chi connectivity index (χ3n) is 4.48. The van der Waals surface area contributed by atoms with E-state index in [1.54, 1.807) is 6.07 Å². The number of halogens is 2. The van der Waals surface area contributed by atoms with Crippen LogP contribution in [-0.4, -0.2) is 19.9 Å². The van der Waals surface area contributed by atoms with E-state index in [2.05, 4.69) is 19.9 Å². The Morgan fingerprint density at radius 3 is 2.50 bits per heavy atom. The Morgan fingerprint density at radius 2 is 1.83 bits per heavy atom. The summed E-state index contributed by atoms with van der Waals surface area (Å²) in [7, 11) is 0. The summed E-state index contributed by atoms with van der Waals surface area (Å²) in [6.07, 6.45) is 2.80. The second kappa shape index (κ2) is 8.31. The summed E-state index contributed by atoms with van der Waals surface area (Å²) >= 11 is 6.11. The Morgan fingerprint density at radius 1 is 1.10 bits per heavy atom. The summed E-state index contributed by atoms with van der Waals surface area (Å²) in [5.74, 6) is -0.384. The number of rotatable bonds is 5. The van der Waals surface area contributed by atoms with Gasteiger partial charge in [0.2, 0.25) is 0 Å². The second-order valence-corrected chi connectivity index (χ2v) is 6.85. The first-order valence-electron chi connectivity index (χ1n) is 9.05. The maximum absolute atomic E-state index is 14.2. The van der Waals surface area contributed by atoms with Gasteiger partial charge in [-0.25, -0.2) is 19.3 Å². The van der Waals surface area contributed by atoms with Gasteiger partial charge in [-0.3, -0.25) is 0 Å². The lowest BCUT2D eigenvalue weighted by Gasteiger charge is -2.13. The van der Waals surface area contributed by atoms with E-state index in [1.165, 1.54) is 24.5 Å². The molecule has 4 rings (SSSR count). The van der Waals surface area contributed by atoms with Crippen molar-refractivity contribution in [3.05, 3.63) is 83.0 Å². The topological polar surface area (TPSA) is 87.5 Å². The minimum atomic E-state index is -0.540. The van der Waals surface area contributed by atoms with Gasteiger partial charge in [0.05, 0.1) is 16.3 Å². The fourth-order valence-electron chi connectivity index (χ4n) is 2.96. The van der Waals surface area contributed by atoms with E-state index in [-0.39, 0.29) is 34.2 Å². The van der Waals surface area contributed by atoms with E-state index in [4.69, 9.17) is 16.3 Å². The van der Waals surface area contributed by atoms with Crippen LogP contribution >= 0.6 is 11.6 Å². The van der Waals surface area contributed by atoms with Gasteiger partial charge < -0.3 is 9.72 Å². The molecule has 0 fully saturated rings. The summed E-state index contributed by atoms with van der Waals surface area (Å²) < 4.78 is 20.0. The minimum absolute atomic E-state index is 0.0826. The highest BCUT2D eigenvalue weighted by Crippen LogP contribution is 2.32. The van der Waals surface area contributed by atoms with Gasteiger partial charge in [-0.2, -0.15) is 5.26 Å². The predicted molar refractivity (Wildman–Crippen MR) is 110 cm³/mol. The van der Waals surface area contributed by atoms with Crippen molar-refractivity contribution in [3.63, 3.8) is 0 Å². The van der Waals surface area contributed by atoms with Crippen molar-refractivity contribution in [3.8, 4) is 34.7 Å². The van der Waals surface area contributed by atoms with Crippen LogP contribution in [0.3, 0.4) is 0 Å². The smallest absolute Gasteiger partial charge is 0.316 e.